The summed E-state index contributed by atoms with van der Waals surface area (Å²) in [5, 5.41) is 8.79. The minimum Gasteiger partial charge on any atom is -0.477 e. The van der Waals surface area contributed by atoms with Crippen molar-refractivity contribution in [2.75, 3.05) is 23.3 Å². The van der Waals surface area contributed by atoms with Gasteiger partial charge in [-0.25, -0.2) is 30.6 Å². The number of alkyl halides is 2. The van der Waals surface area contributed by atoms with E-state index in [9.17, 15) is 39.5 Å². The fraction of sp³-hybridized carbons (Fsp3) is 0.462. The molecule has 1 aromatic rings. The second-order valence-corrected chi connectivity index (χ2v) is 8.15. The van der Waals surface area contributed by atoms with Crippen LogP contribution in [-0.4, -0.2) is 52.7 Å². The van der Waals surface area contributed by atoms with Gasteiger partial charge in [0.1, 0.15) is 11.4 Å². The van der Waals surface area contributed by atoms with Crippen LogP contribution >= 0.6 is 0 Å². The molecule has 2 unspecified atom stereocenters. The molecule has 7 nitrogen and oxygen atoms in total. The normalized spacial score (nSPS) is 14.0. The number of anilines is 1. The smallest absolute Gasteiger partial charge is 0.341 e. The molecule has 2 N–H and O–H groups in total. The number of rotatable bonds is 10. The zero-order valence-corrected chi connectivity index (χ0v) is 14.7. The Bertz CT molecular complexity index is 789. The number of carbonyl (C=O) groups is 1. The quantitative estimate of drug-likeness (QED) is 0.442. The Morgan fingerprint density at radius 1 is 1.31 bits per heavy atom. The summed E-state index contributed by atoms with van der Waals surface area (Å²) in [4.78, 5) is 10.9. The van der Waals surface area contributed by atoms with E-state index in [4.69, 9.17) is 5.11 Å². The molecule has 1 aromatic carbocycles. The van der Waals surface area contributed by atoms with Crippen LogP contribution in [0.15, 0.2) is 12.1 Å². The second kappa shape index (κ2) is 9.28. The van der Waals surface area contributed by atoms with E-state index in [-0.39, 0.29) is 4.31 Å². The molecule has 26 heavy (non-hydrogen) atoms. The summed E-state index contributed by atoms with van der Waals surface area (Å²) in [6.07, 6.45) is -1.30. The highest BCUT2D eigenvalue weighted by Gasteiger charge is 2.29. The Labute approximate surface area is 149 Å². The number of hydrogen-bond donors (Lipinski definition) is 2. The standard InChI is InChI=1S/C13H15F4NO6S2/c14-5-1-7-26(23,24)10(16)4-6-18(25(21)22)9-3-2-8(15)11(12(9)17)13(19)20/h2-3,10H,1,4-7H2,(H,19,20)(H,21,22). The lowest BCUT2D eigenvalue weighted by Crippen LogP contribution is -2.32. The van der Waals surface area contributed by atoms with E-state index >= 15 is 0 Å². The molecule has 2 atom stereocenters. The number of aromatic carboxylic acids is 1. The predicted molar refractivity (Wildman–Crippen MR) is 85.3 cm³/mol. The molecule has 0 radical (unpaired) electrons. The van der Waals surface area contributed by atoms with E-state index in [1.807, 2.05) is 0 Å². The summed E-state index contributed by atoms with van der Waals surface area (Å²) < 4.78 is 97.4. The third-order valence-electron chi connectivity index (χ3n) is 3.25. The topological polar surface area (TPSA) is 112 Å². The van der Waals surface area contributed by atoms with Crippen LogP contribution in [0.2, 0.25) is 0 Å². The molecular weight excluding hydrogens is 406 g/mol. The number of sulfone groups is 1. The number of carboxylic acids is 1. The Kier molecular flexibility index (Phi) is 7.96. The first-order valence-corrected chi connectivity index (χ1v) is 9.82. The van der Waals surface area contributed by atoms with Gasteiger partial charge in [0.25, 0.3) is 11.3 Å². The molecular formula is C13H15F4NO6S2. The Hall–Kier alpha value is -1.73. The maximum atomic E-state index is 14.2. The second-order valence-electron chi connectivity index (χ2n) is 5.00. The average Bonchev–Trinajstić information content (AvgIpc) is 2.54. The first-order valence-electron chi connectivity index (χ1n) is 7.04. The maximum absolute atomic E-state index is 14.2. The van der Waals surface area contributed by atoms with Crippen molar-refractivity contribution in [3.63, 3.8) is 0 Å². The summed E-state index contributed by atoms with van der Waals surface area (Å²) in [7, 11) is -4.33. The molecule has 0 heterocycles. The number of nitrogens with zero attached hydrogens (tertiary/aromatic N) is 1. The van der Waals surface area contributed by atoms with Gasteiger partial charge in [-0.2, -0.15) is 0 Å². The number of benzene rings is 1. The van der Waals surface area contributed by atoms with Crippen LogP contribution in [0.5, 0.6) is 0 Å². The molecule has 13 heteroatoms. The van der Waals surface area contributed by atoms with Crippen LogP contribution in [0.25, 0.3) is 0 Å². The predicted octanol–water partition coefficient (Wildman–Crippen LogP) is 2.07. The molecule has 0 amide bonds. The first-order chi connectivity index (χ1) is 12.0. The van der Waals surface area contributed by atoms with Gasteiger partial charge >= 0.3 is 5.97 Å². The van der Waals surface area contributed by atoms with Gasteiger partial charge < -0.3 is 5.11 Å². The van der Waals surface area contributed by atoms with Gasteiger partial charge in [0.2, 0.25) is 5.50 Å². The number of halogens is 4. The van der Waals surface area contributed by atoms with Crippen molar-refractivity contribution in [1.29, 1.82) is 0 Å². The highest BCUT2D eigenvalue weighted by atomic mass is 32.2. The Morgan fingerprint density at radius 3 is 2.42 bits per heavy atom. The lowest BCUT2D eigenvalue weighted by Gasteiger charge is -2.22. The van der Waals surface area contributed by atoms with Gasteiger partial charge in [-0.05, 0) is 18.6 Å². The summed E-state index contributed by atoms with van der Waals surface area (Å²) in [5.74, 6) is -5.85. The first kappa shape index (κ1) is 22.3. The summed E-state index contributed by atoms with van der Waals surface area (Å²) >= 11 is -2.98. The van der Waals surface area contributed by atoms with Crippen molar-refractivity contribution < 1.29 is 44.6 Å². The molecule has 0 bridgehead atoms. The molecule has 0 spiro atoms. The zero-order chi connectivity index (χ0) is 20.1. The number of hydrogen-bond acceptors (Lipinski definition) is 4. The van der Waals surface area contributed by atoms with Crippen LogP contribution < -0.4 is 4.31 Å². The third-order valence-corrected chi connectivity index (χ3v) is 5.88. The molecule has 0 aliphatic rings. The summed E-state index contributed by atoms with van der Waals surface area (Å²) in [6, 6.07) is 1.20. The van der Waals surface area contributed by atoms with Gasteiger partial charge in [0, 0.05) is 13.0 Å². The average molecular weight is 421 g/mol. The van der Waals surface area contributed by atoms with Gasteiger partial charge in [0.05, 0.1) is 18.1 Å². The molecule has 0 fully saturated rings. The van der Waals surface area contributed by atoms with Crippen molar-refractivity contribution in [3.05, 3.63) is 29.3 Å². The van der Waals surface area contributed by atoms with Crippen molar-refractivity contribution in [2.24, 2.45) is 0 Å². The van der Waals surface area contributed by atoms with Gasteiger partial charge in [-0.1, -0.05) is 0 Å². The zero-order valence-electron chi connectivity index (χ0n) is 13.1. The minimum atomic E-state index is -4.33. The van der Waals surface area contributed by atoms with Crippen molar-refractivity contribution >= 4 is 32.8 Å². The molecule has 0 aliphatic heterocycles. The highest BCUT2D eigenvalue weighted by Crippen LogP contribution is 2.26. The molecule has 0 aliphatic carbocycles. The SMILES string of the molecule is O=C(O)c1c(F)ccc(N(CCC(F)S(=O)(=O)CCCF)S(=O)O)c1F. The maximum Gasteiger partial charge on any atom is 0.341 e. The van der Waals surface area contributed by atoms with E-state index < -0.39 is 87.3 Å². The summed E-state index contributed by atoms with van der Waals surface area (Å²) in [6.45, 7) is -1.78. The van der Waals surface area contributed by atoms with Crippen LogP contribution in [-0.2, 0) is 21.1 Å². The van der Waals surface area contributed by atoms with Crippen LogP contribution in [0.4, 0.5) is 23.2 Å². The third kappa shape index (κ3) is 5.38. The number of carboxylic acid groups (broad SMARTS) is 1. The minimum absolute atomic E-state index is 0.276. The van der Waals surface area contributed by atoms with Gasteiger partial charge in [-0.3, -0.25) is 13.2 Å². The van der Waals surface area contributed by atoms with E-state index in [1.165, 1.54) is 0 Å². The lowest BCUT2D eigenvalue weighted by molar-refractivity contribution is 0.0686. The highest BCUT2D eigenvalue weighted by molar-refractivity contribution is 7.91. The van der Waals surface area contributed by atoms with E-state index in [1.54, 1.807) is 0 Å². The molecule has 0 saturated carbocycles. The van der Waals surface area contributed by atoms with Crippen molar-refractivity contribution in [3.8, 4) is 0 Å². The van der Waals surface area contributed by atoms with E-state index in [0.29, 0.717) is 12.1 Å². The van der Waals surface area contributed by atoms with Crippen LogP contribution in [0, 0.1) is 11.6 Å². The van der Waals surface area contributed by atoms with Crippen LogP contribution in [0.1, 0.15) is 23.2 Å². The van der Waals surface area contributed by atoms with Crippen molar-refractivity contribution in [1.82, 2.24) is 0 Å². The van der Waals surface area contributed by atoms with E-state index in [2.05, 4.69) is 0 Å². The van der Waals surface area contributed by atoms with Crippen molar-refractivity contribution in [2.45, 2.75) is 18.3 Å². The fourth-order valence-electron chi connectivity index (χ4n) is 1.99. The van der Waals surface area contributed by atoms with E-state index in [0.717, 1.165) is 0 Å². The molecule has 1 rings (SSSR count). The molecule has 0 aromatic heterocycles. The monoisotopic (exact) mass is 421 g/mol. The van der Waals surface area contributed by atoms with Gasteiger partial charge in [-0.15, -0.1) is 0 Å². The van der Waals surface area contributed by atoms with Gasteiger partial charge in [0.15, 0.2) is 15.7 Å². The fourth-order valence-corrected chi connectivity index (χ4v) is 3.80. The molecule has 0 saturated heterocycles. The molecule has 148 valence electrons. The largest absolute Gasteiger partial charge is 0.477 e. The summed E-state index contributed by atoms with van der Waals surface area (Å²) in [5.41, 5.74) is -4.72. The van der Waals surface area contributed by atoms with Crippen LogP contribution in [0.3, 0.4) is 0 Å². The lowest BCUT2D eigenvalue weighted by atomic mass is 10.1. The Morgan fingerprint density at radius 2 is 1.92 bits per heavy atom. The Balaban J connectivity index is 3.07.